The number of amides is 1. The first-order valence-corrected chi connectivity index (χ1v) is 6.38. The third-order valence-corrected chi connectivity index (χ3v) is 2.58. The van der Waals surface area contributed by atoms with E-state index >= 15 is 0 Å². The molecule has 0 aliphatic heterocycles. The van der Waals surface area contributed by atoms with E-state index in [1.54, 1.807) is 6.07 Å². The molecule has 0 radical (unpaired) electrons. The van der Waals surface area contributed by atoms with Crippen LogP contribution in [0.4, 0.5) is 18.9 Å². The van der Waals surface area contributed by atoms with Crippen molar-refractivity contribution >= 4 is 11.6 Å². The molecule has 0 heterocycles. The Labute approximate surface area is 121 Å². The van der Waals surface area contributed by atoms with Crippen LogP contribution in [0.5, 0.6) is 0 Å². The standard InChI is InChI=1S/C14H16F3N3O/c1-9(2)20-13(21)5-6-19-12-4-3-11(14(15,16)17)7-10(12)8-18/h3-4,7,9,19H,5-6H2,1-2H3,(H,20,21). The van der Waals surface area contributed by atoms with Crippen molar-refractivity contribution in [3.8, 4) is 6.07 Å². The van der Waals surface area contributed by atoms with E-state index in [-0.39, 0.29) is 36.2 Å². The van der Waals surface area contributed by atoms with Gasteiger partial charge in [0.1, 0.15) is 6.07 Å². The molecule has 0 atom stereocenters. The summed E-state index contributed by atoms with van der Waals surface area (Å²) >= 11 is 0. The smallest absolute Gasteiger partial charge is 0.383 e. The van der Waals surface area contributed by atoms with Gasteiger partial charge in [-0.1, -0.05) is 0 Å². The van der Waals surface area contributed by atoms with Crippen molar-refractivity contribution in [2.75, 3.05) is 11.9 Å². The number of nitrogens with zero attached hydrogens (tertiary/aromatic N) is 1. The largest absolute Gasteiger partial charge is 0.416 e. The predicted molar refractivity (Wildman–Crippen MR) is 72.5 cm³/mol. The molecule has 0 fully saturated rings. The number of carbonyl (C=O) groups excluding carboxylic acids is 1. The van der Waals surface area contributed by atoms with E-state index in [9.17, 15) is 18.0 Å². The maximum atomic E-state index is 12.5. The van der Waals surface area contributed by atoms with Crippen LogP contribution in [0, 0.1) is 11.3 Å². The molecule has 1 aromatic rings. The lowest BCUT2D eigenvalue weighted by molar-refractivity contribution is -0.137. The van der Waals surface area contributed by atoms with E-state index in [0.29, 0.717) is 0 Å². The van der Waals surface area contributed by atoms with Gasteiger partial charge in [-0.3, -0.25) is 4.79 Å². The van der Waals surface area contributed by atoms with Gasteiger partial charge in [0.2, 0.25) is 5.91 Å². The minimum Gasteiger partial charge on any atom is -0.383 e. The highest BCUT2D eigenvalue weighted by Gasteiger charge is 2.31. The fraction of sp³-hybridized carbons (Fsp3) is 0.429. The Morgan fingerprint density at radius 3 is 2.57 bits per heavy atom. The minimum atomic E-state index is -4.48. The SMILES string of the molecule is CC(C)NC(=O)CCNc1ccc(C(F)(F)F)cc1C#N. The average molecular weight is 299 g/mol. The Balaban J connectivity index is 2.68. The second kappa shape index (κ2) is 6.97. The zero-order chi connectivity index (χ0) is 16.0. The number of halogens is 3. The third-order valence-electron chi connectivity index (χ3n) is 2.58. The van der Waals surface area contributed by atoms with Crippen molar-refractivity contribution in [2.45, 2.75) is 32.5 Å². The van der Waals surface area contributed by atoms with Crippen LogP contribution in [0.25, 0.3) is 0 Å². The van der Waals surface area contributed by atoms with Crippen molar-refractivity contribution < 1.29 is 18.0 Å². The second-order valence-electron chi connectivity index (χ2n) is 4.77. The van der Waals surface area contributed by atoms with Crippen LogP contribution in [0.2, 0.25) is 0 Å². The molecule has 114 valence electrons. The summed E-state index contributed by atoms with van der Waals surface area (Å²) in [6, 6.07) is 4.63. The van der Waals surface area contributed by atoms with Crippen molar-refractivity contribution in [1.82, 2.24) is 5.32 Å². The quantitative estimate of drug-likeness (QED) is 0.878. The Kier molecular flexibility index (Phi) is 5.59. The van der Waals surface area contributed by atoms with Crippen LogP contribution < -0.4 is 10.6 Å². The number of nitriles is 1. The molecular weight excluding hydrogens is 283 g/mol. The van der Waals surface area contributed by atoms with Crippen LogP contribution in [-0.2, 0) is 11.0 Å². The van der Waals surface area contributed by atoms with Gasteiger partial charge in [-0.2, -0.15) is 18.4 Å². The highest BCUT2D eigenvalue weighted by Crippen LogP contribution is 2.31. The summed E-state index contributed by atoms with van der Waals surface area (Å²) in [6.45, 7) is 3.89. The lowest BCUT2D eigenvalue weighted by Crippen LogP contribution is -2.31. The van der Waals surface area contributed by atoms with E-state index in [0.717, 1.165) is 12.1 Å². The Morgan fingerprint density at radius 2 is 2.05 bits per heavy atom. The number of anilines is 1. The number of alkyl halides is 3. The monoisotopic (exact) mass is 299 g/mol. The van der Waals surface area contributed by atoms with E-state index in [4.69, 9.17) is 5.26 Å². The van der Waals surface area contributed by atoms with E-state index in [2.05, 4.69) is 10.6 Å². The highest BCUT2D eigenvalue weighted by molar-refractivity contribution is 5.76. The molecule has 4 nitrogen and oxygen atoms in total. The zero-order valence-corrected chi connectivity index (χ0v) is 11.7. The van der Waals surface area contributed by atoms with E-state index in [1.165, 1.54) is 6.07 Å². The molecule has 0 saturated heterocycles. The average Bonchev–Trinajstić information content (AvgIpc) is 2.36. The summed E-state index contributed by atoms with van der Waals surface area (Å²) in [7, 11) is 0. The number of hydrogen-bond acceptors (Lipinski definition) is 3. The highest BCUT2D eigenvalue weighted by atomic mass is 19.4. The van der Waals surface area contributed by atoms with Gasteiger partial charge in [0, 0.05) is 19.0 Å². The van der Waals surface area contributed by atoms with Crippen LogP contribution in [0.3, 0.4) is 0 Å². The first-order chi connectivity index (χ1) is 9.74. The summed E-state index contributed by atoms with van der Waals surface area (Å²) < 4.78 is 37.6. The Hall–Kier alpha value is -2.23. The van der Waals surface area contributed by atoms with Gasteiger partial charge in [0.05, 0.1) is 16.8 Å². The van der Waals surface area contributed by atoms with Crippen LogP contribution in [0.1, 0.15) is 31.4 Å². The summed E-state index contributed by atoms with van der Waals surface area (Å²) in [5, 5.41) is 14.4. The summed E-state index contributed by atoms with van der Waals surface area (Å²) in [6.07, 6.45) is -4.31. The predicted octanol–water partition coefficient (Wildman–Crippen LogP) is 2.90. The third kappa shape index (κ3) is 5.34. The summed E-state index contributed by atoms with van der Waals surface area (Å²) in [5.74, 6) is -0.164. The molecule has 1 aromatic carbocycles. The first-order valence-electron chi connectivity index (χ1n) is 6.38. The molecule has 2 N–H and O–H groups in total. The lowest BCUT2D eigenvalue weighted by atomic mass is 10.1. The van der Waals surface area contributed by atoms with Crippen molar-refractivity contribution in [3.63, 3.8) is 0 Å². The van der Waals surface area contributed by atoms with Gasteiger partial charge < -0.3 is 10.6 Å². The van der Waals surface area contributed by atoms with Crippen molar-refractivity contribution in [1.29, 1.82) is 5.26 Å². The molecule has 1 rings (SSSR count). The maximum Gasteiger partial charge on any atom is 0.416 e. The molecule has 0 aliphatic carbocycles. The van der Waals surface area contributed by atoms with Crippen LogP contribution in [0.15, 0.2) is 18.2 Å². The molecule has 0 aromatic heterocycles. The maximum absolute atomic E-state index is 12.5. The molecule has 0 spiro atoms. The molecule has 21 heavy (non-hydrogen) atoms. The molecular formula is C14H16F3N3O. The first kappa shape index (κ1) is 16.8. The van der Waals surface area contributed by atoms with Gasteiger partial charge >= 0.3 is 6.18 Å². The molecule has 0 bridgehead atoms. The van der Waals surface area contributed by atoms with Gasteiger partial charge in [-0.25, -0.2) is 0 Å². The molecule has 7 heteroatoms. The molecule has 0 saturated carbocycles. The fourth-order valence-electron chi connectivity index (χ4n) is 1.67. The normalized spacial score (nSPS) is 11.1. The van der Waals surface area contributed by atoms with Gasteiger partial charge in [-0.15, -0.1) is 0 Å². The lowest BCUT2D eigenvalue weighted by Gasteiger charge is -2.12. The summed E-state index contributed by atoms with van der Waals surface area (Å²) in [4.78, 5) is 11.4. The topological polar surface area (TPSA) is 64.9 Å². The van der Waals surface area contributed by atoms with Gasteiger partial charge in [-0.05, 0) is 32.0 Å². The Morgan fingerprint density at radius 1 is 1.38 bits per heavy atom. The molecule has 0 aliphatic rings. The zero-order valence-electron chi connectivity index (χ0n) is 11.7. The van der Waals surface area contributed by atoms with Crippen molar-refractivity contribution in [3.05, 3.63) is 29.3 Å². The van der Waals surface area contributed by atoms with Crippen molar-refractivity contribution in [2.24, 2.45) is 0 Å². The van der Waals surface area contributed by atoms with Gasteiger partial charge in [0.15, 0.2) is 0 Å². The number of carbonyl (C=O) groups is 1. The Bertz CT molecular complexity index is 547. The number of hydrogen-bond donors (Lipinski definition) is 2. The molecule has 0 unspecified atom stereocenters. The number of rotatable bonds is 5. The number of nitrogens with one attached hydrogen (secondary N) is 2. The van der Waals surface area contributed by atoms with Crippen LogP contribution >= 0.6 is 0 Å². The van der Waals surface area contributed by atoms with Crippen LogP contribution in [-0.4, -0.2) is 18.5 Å². The van der Waals surface area contributed by atoms with Gasteiger partial charge in [0.25, 0.3) is 0 Å². The van der Waals surface area contributed by atoms with E-state index in [1.807, 2.05) is 13.8 Å². The summed E-state index contributed by atoms with van der Waals surface area (Å²) in [5.41, 5.74) is -0.695. The minimum absolute atomic E-state index is 0.0261. The van der Waals surface area contributed by atoms with E-state index < -0.39 is 11.7 Å². The molecule has 1 amide bonds. The second-order valence-corrected chi connectivity index (χ2v) is 4.77. The number of benzene rings is 1. The fourth-order valence-corrected chi connectivity index (χ4v) is 1.67.